The summed E-state index contributed by atoms with van der Waals surface area (Å²) < 4.78 is 26.1. The number of sulfonamides is 1. The van der Waals surface area contributed by atoms with Gasteiger partial charge in [-0.3, -0.25) is 9.59 Å². The van der Waals surface area contributed by atoms with Gasteiger partial charge in [-0.05, 0) is 74.4 Å². The lowest BCUT2D eigenvalue weighted by Gasteiger charge is -2.25. The lowest BCUT2D eigenvalue weighted by molar-refractivity contribution is -0.136. The third kappa shape index (κ3) is 4.21. The molecule has 1 aliphatic carbocycles. The number of urea groups is 1. The van der Waals surface area contributed by atoms with Crippen LogP contribution < -0.4 is 10.6 Å². The van der Waals surface area contributed by atoms with E-state index in [2.05, 4.69) is 10.6 Å². The molecule has 4 rings (SSSR count). The number of nitrogens with one attached hydrogen (secondary N) is 2. The number of rotatable bonds is 6. The minimum atomic E-state index is -3.70. The third-order valence-electron chi connectivity index (χ3n) is 6.91. The van der Waals surface area contributed by atoms with E-state index in [-0.39, 0.29) is 4.90 Å². The van der Waals surface area contributed by atoms with Crippen LogP contribution in [0.1, 0.15) is 42.5 Å². The molecule has 1 aliphatic heterocycles. The lowest BCUT2D eigenvalue weighted by atomic mass is 9.89. The summed E-state index contributed by atoms with van der Waals surface area (Å²) in [4.78, 5) is 40.4. The summed E-state index contributed by atoms with van der Waals surface area (Å²) in [7, 11) is -0.859. The van der Waals surface area contributed by atoms with Gasteiger partial charge in [0.1, 0.15) is 11.6 Å². The molecule has 1 fully saturated rings. The summed E-state index contributed by atoms with van der Waals surface area (Å²) in [5, 5.41) is 5.45. The first-order valence-corrected chi connectivity index (χ1v) is 12.9. The maximum atomic E-state index is 13.4. The highest BCUT2D eigenvalue weighted by atomic mass is 32.2. The summed E-state index contributed by atoms with van der Waals surface area (Å²) >= 11 is 0. The molecule has 2 aliphatic rings. The van der Waals surface area contributed by atoms with Crippen molar-refractivity contribution in [3.63, 3.8) is 0 Å². The number of aryl methyl sites for hydroxylation is 3. The number of benzene rings is 2. The fourth-order valence-electron chi connectivity index (χ4n) is 4.55. The Morgan fingerprint density at radius 1 is 1.11 bits per heavy atom. The van der Waals surface area contributed by atoms with Crippen LogP contribution in [-0.4, -0.2) is 55.6 Å². The Balaban J connectivity index is 1.57. The van der Waals surface area contributed by atoms with E-state index in [1.165, 1.54) is 44.3 Å². The largest absolute Gasteiger partial charge is 0.326 e. The maximum Gasteiger partial charge on any atom is 0.326 e. The second-order valence-corrected chi connectivity index (χ2v) is 11.6. The number of fused-ring (bicyclic) bond motifs is 1. The minimum Gasteiger partial charge on any atom is -0.324 e. The smallest absolute Gasteiger partial charge is 0.324 e. The number of carbonyl (C=O) groups excluding carboxylic acids is 3. The molecule has 0 spiro atoms. The Morgan fingerprint density at radius 2 is 1.80 bits per heavy atom. The van der Waals surface area contributed by atoms with E-state index in [0.717, 1.165) is 28.5 Å². The highest BCUT2D eigenvalue weighted by Gasteiger charge is 2.52. The fraction of sp³-hybridized carbons (Fsp3) is 0.400. The van der Waals surface area contributed by atoms with Gasteiger partial charge in [0.25, 0.3) is 5.91 Å². The summed E-state index contributed by atoms with van der Waals surface area (Å²) in [5.74, 6) is -1.11. The Labute approximate surface area is 205 Å². The van der Waals surface area contributed by atoms with Gasteiger partial charge in [-0.1, -0.05) is 24.3 Å². The lowest BCUT2D eigenvalue weighted by Crippen LogP contribution is -2.47. The monoisotopic (exact) mass is 498 g/mol. The number of hydrogen-bond acceptors (Lipinski definition) is 5. The van der Waals surface area contributed by atoms with Crippen molar-refractivity contribution in [1.82, 2.24) is 14.5 Å². The zero-order valence-corrected chi connectivity index (χ0v) is 21.3. The van der Waals surface area contributed by atoms with E-state index in [4.69, 9.17) is 0 Å². The highest BCUT2D eigenvalue weighted by molar-refractivity contribution is 7.89. The Kier molecular flexibility index (Phi) is 6.23. The zero-order valence-electron chi connectivity index (χ0n) is 20.5. The topological polar surface area (TPSA) is 116 Å². The molecule has 186 valence electrons. The molecule has 2 N–H and O–H groups in total. The maximum absolute atomic E-state index is 13.4. The van der Waals surface area contributed by atoms with Crippen molar-refractivity contribution >= 4 is 33.6 Å². The quantitative estimate of drug-likeness (QED) is 0.594. The zero-order chi connectivity index (χ0) is 25.7. The first-order valence-electron chi connectivity index (χ1n) is 11.5. The van der Waals surface area contributed by atoms with Gasteiger partial charge in [-0.25, -0.2) is 22.4 Å². The molecule has 1 heterocycles. The summed E-state index contributed by atoms with van der Waals surface area (Å²) in [5.41, 5.74) is 2.77. The van der Waals surface area contributed by atoms with Crippen LogP contribution >= 0.6 is 0 Å². The second kappa shape index (κ2) is 8.76. The van der Waals surface area contributed by atoms with Crippen LogP contribution in [0.3, 0.4) is 0 Å². The molecule has 2 aromatic carbocycles. The van der Waals surface area contributed by atoms with Gasteiger partial charge in [-0.15, -0.1) is 0 Å². The molecule has 9 nitrogen and oxygen atoms in total. The van der Waals surface area contributed by atoms with Crippen LogP contribution in [0.5, 0.6) is 0 Å². The molecular weight excluding hydrogens is 468 g/mol. The molecule has 2 aromatic rings. The van der Waals surface area contributed by atoms with Gasteiger partial charge in [0.15, 0.2) is 0 Å². The van der Waals surface area contributed by atoms with Crippen LogP contribution in [0.4, 0.5) is 10.5 Å². The average molecular weight is 499 g/mol. The molecular formula is C25H30N4O5S. The number of hydrogen-bond donors (Lipinski definition) is 2. The average Bonchev–Trinajstić information content (AvgIpc) is 3.36. The van der Waals surface area contributed by atoms with Crippen molar-refractivity contribution in [1.29, 1.82) is 0 Å². The minimum absolute atomic E-state index is 0.0234. The fourth-order valence-corrected chi connectivity index (χ4v) is 5.48. The van der Waals surface area contributed by atoms with E-state index in [1.54, 1.807) is 19.9 Å². The molecule has 35 heavy (non-hydrogen) atoms. The first-order chi connectivity index (χ1) is 16.4. The normalized spacial score (nSPS) is 20.7. The number of nitrogens with zero attached hydrogens (tertiary/aromatic N) is 2. The van der Waals surface area contributed by atoms with Crippen molar-refractivity contribution in [3.05, 3.63) is 58.7 Å². The molecule has 10 heteroatoms. The van der Waals surface area contributed by atoms with Crippen LogP contribution in [0.15, 0.2) is 41.3 Å². The molecule has 0 radical (unpaired) electrons. The van der Waals surface area contributed by atoms with Crippen LogP contribution in [0.2, 0.25) is 0 Å². The van der Waals surface area contributed by atoms with E-state index >= 15 is 0 Å². The van der Waals surface area contributed by atoms with E-state index in [1.807, 2.05) is 18.2 Å². The standard InChI is InChI=1S/C25H30N4O5S/c1-15-9-12-20(35(33,34)28(4)5)14-21(15)26-22(30)16(2)29-23(31)25(3,27-24(29)32)19-11-10-17-7-6-8-18(17)13-19/h9-14,16H,6-8H2,1-5H3,(H,26,30)(H,27,32)/t16-,25-/m1/s1. The van der Waals surface area contributed by atoms with Crippen LogP contribution in [0, 0.1) is 6.92 Å². The molecule has 1 saturated heterocycles. The van der Waals surface area contributed by atoms with Crippen LogP contribution in [0.25, 0.3) is 0 Å². The van der Waals surface area contributed by atoms with Gasteiger partial charge in [-0.2, -0.15) is 0 Å². The summed E-state index contributed by atoms with van der Waals surface area (Å²) in [6.45, 7) is 4.84. The third-order valence-corrected chi connectivity index (χ3v) is 8.72. The van der Waals surface area contributed by atoms with Crippen molar-refractivity contribution in [2.75, 3.05) is 19.4 Å². The number of carbonyl (C=O) groups is 3. The second-order valence-electron chi connectivity index (χ2n) is 9.50. The summed E-state index contributed by atoms with van der Waals surface area (Å²) in [6.07, 6.45) is 3.01. The Bertz CT molecular complexity index is 1340. The number of amides is 4. The molecule has 0 saturated carbocycles. The van der Waals surface area contributed by atoms with Crippen molar-refractivity contribution in [2.45, 2.75) is 56.5 Å². The molecule has 0 aromatic heterocycles. The van der Waals surface area contributed by atoms with E-state index < -0.39 is 39.4 Å². The predicted molar refractivity (Wildman–Crippen MR) is 131 cm³/mol. The molecule has 0 bridgehead atoms. The predicted octanol–water partition coefficient (Wildman–Crippen LogP) is 2.53. The van der Waals surface area contributed by atoms with Gasteiger partial charge in [0.05, 0.1) is 4.90 Å². The SMILES string of the molecule is Cc1ccc(S(=O)(=O)N(C)C)cc1NC(=O)[C@@H](C)N1C(=O)N[C@](C)(c2ccc3c(c2)CCC3)C1=O. The number of imide groups is 1. The van der Waals surface area contributed by atoms with Crippen molar-refractivity contribution in [3.8, 4) is 0 Å². The van der Waals surface area contributed by atoms with E-state index in [9.17, 15) is 22.8 Å². The van der Waals surface area contributed by atoms with Crippen molar-refractivity contribution in [2.24, 2.45) is 0 Å². The van der Waals surface area contributed by atoms with Crippen LogP contribution in [-0.2, 0) is 38.0 Å². The van der Waals surface area contributed by atoms with E-state index in [0.29, 0.717) is 16.8 Å². The molecule has 0 unspecified atom stereocenters. The first kappa shape index (κ1) is 24.9. The molecule has 4 amide bonds. The Morgan fingerprint density at radius 3 is 2.49 bits per heavy atom. The Hall–Kier alpha value is -3.24. The molecule has 2 atom stereocenters. The summed E-state index contributed by atoms with van der Waals surface area (Å²) in [6, 6.07) is 8.48. The number of anilines is 1. The van der Waals surface area contributed by atoms with Crippen molar-refractivity contribution < 1.29 is 22.8 Å². The van der Waals surface area contributed by atoms with Gasteiger partial charge in [0, 0.05) is 19.8 Å². The van der Waals surface area contributed by atoms with Gasteiger partial charge >= 0.3 is 6.03 Å². The van der Waals surface area contributed by atoms with Gasteiger partial charge < -0.3 is 10.6 Å². The highest BCUT2D eigenvalue weighted by Crippen LogP contribution is 2.33. The van der Waals surface area contributed by atoms with Gasteiger partial charge in [0.2, 0.25) is 15.9 Å².